The van der Waals surface area contributed by atoms with Crippen LogP contribution in [0.3, 0.4) is 0 Å². The van der Waals surface area contributed by atoms with Crippen molar-refractivity contribution in [2.45, 2.75) is 0 Å². The van der Waals surface area contributed by atoms with Crippen molar-refractivity contribution in [2.24, 2.45) is 0 Å². The van der Waals surface area contributed by atoms with Crippen LogP contribution in [0.2, 0.25) is 0 Å². The zero-order valence-corrected chi connectivity index (χ0v) is 8.12. The van der Waals surface area contributed by atoms with Crippen LogP contribution >= 0.6 is 11.5 Å². The molecular formula is C11H7NOS. The lowest BCUT2D eigenvalue weighted by atomic mass is 10.2. The molecule has 3 aromatic rings. The molecule has 68 valence electrons. The molecule has 1 aromatic carbocycles. The van der Waals surface area contributed by atoms with Crippen molar-refractivity contribution in [3.05, 3.63) is 52.8 Å². The predicted octanol–water partition coefficient (Wildman–Crippen LogP) is 2.51. The summed E-state index contributed by atoms with van der Waals surface area (Å²) in [5.74, 6) is 0. The molecule has 0 aliphatic rings. The van der Waals surface area contributed by atoms with Crippen molar-refractivity contribution in [2.75, 3.05) is 0 Å². The Kier molecular flexibility index (Phi) is 1.49. The fourth-order valence-corrected chi connectivity index (χ4v) is 2.58. The second kappa shape index (κ2) is 2.69. The second-order valence-electron chi connectivity index (χ2n) is 3.14. The maximum absolute atomic E-state index is 11.9. The molecule has 0 atom stereocenters. The highest BCUT2D eigenvalue weighted by Gasteiger charge is 2.03. The molecule has 3 rings (SSSR count). The highest BCUT2D eigenvalue weighted by Crippen LogP contribution is 2.16. The van der Waals surface area contributed by atoms with Gasteiger partial charge >= 0.3 is 0 Å². The monoisotopic (exact) mass is 201 g/mol. The summed E-state index contributed by atoms with van der Waals surface area (Å²) in [6.45, 7) is 0. The lowest BCUT2D eigenvalue weighted by Crippen LogP contribution is -2.02. The van der Waals surface area contributed by atoms with Crippen LogP contribution in [0.25, 0.3) is 15.6 Å². The molecule has 0 spiro atoms. The number of hydrogen-bond acceptors (Lipinski definition) is 2. The first-order valence-corrected chi connectivity index (χ1v) is 5.13. The smallest absolute Gasteiger partial charge is 0.212 e. The van der Waals surface area contributed by atoms with E-state index in [0.29, 0.717) is 0 Å². The molecule has 3 heteroatoms. The predicted molar refractivity (Wildman–Crippen MR) is 59.1 cm³/mol. The molecular weight excluding hydrogens is 194 g/mol. The van der Waals surface area contributed by atoms with Gasteiger partial charge in [-0.3, -0.25) is 8.58 Å². The standard InChI is InChI=1S/C11H7NOS/c13-11-8-4-1-2-6-10(8)14-12-7-3-5-9(11)12/h1-7H. The molecule has 0 N–H and O–H groups in total. The summed E-state index contributed by atoms with van der Waals surface area (Å²) in [5.41, 5.74) is 0.873. The zero-order chi connectivity index (χ0) is 9.54. The molecule has 2 aromatic heterocycles. The Morgan fingerprint density at radius 1 is 1.07 bits per heavy atom. The number of nitrogens with zero attached hydrogens (tertiary/aromatic N) is 1. The largest absolute Gasteiger partial charge is 0.287 e. The molecule has 0 bridgehead atoms. The Bertz CT molecular complexity index is 665. The van der Waals surface area contributed by atoms with Crippen LogP contribution in [-0.2, 0) is 0 Å². The van der Waals surface area contributed by atoms with Gasteiger partial charge in [-0.1, -0.05) is 23.7 Å². The van der Waals surface area contributed by atoms with E-state index in [1.807, 2.05) is 46.4 Å². The van der Waals surface area contributed by atoms with Crippen LogP contribution in [0, 0.1) is 0 Å². The maximum atomic E-state index is 11.9. The van der Waals surface area contributed by atoms with Crippen molar-refractivity contribution in [3.8, 4) is 0 Å². The molecule has 0 fully saturated rings. The molecule has 0 aliphatic carbocycles. The van der Waals surface area contributed by atoms with Gasteiger partial charge in [0.2, 0.25) is 5.43 Å². The van der Waals surface area contributed by atoms with Gasteiger partial charge in [-0.25, -0.2) is 0 Å². The van der Waals surface area contributed by atoms with Crippen LogP contribution in [-0.4, -0.2) is 3.79 Å². The number of hydrogen-bond donors (Lipinski definition) is 0. The summed E-state index contributed by atoms with van der Waals surface area (Å²) < 4.78 is 2.94. The Balaban J connectivity index is 2.70. The van der Waals surface area contributed by atoms with Crippen molar-refractivity contribution in [1.29, 1.82) is 0 Å². The van der Waals surface area contributed by atoms with Crippen LogP contribution in [0.1, 0.15) is 0 Å². The summed E-state index contributed by atoms with van der Waals surface area (Å²) in [6, 6.07) is 11.4. The van der Waals surface area contributed by atoms with Gasteiger partial charge in [0.05, 0.1) is 4.70 Å². The van der Waals surface area contributed by atoms with E-state index >= 15 is 0 Å². The first-order chi connectivity index (χ1) is 6.86. The van der Waals surface area contributed by atoms with E-state index in [4.69, 9.17) is 0 Å². The van der Waals surface area contributed by atoms with Gasteiger partial charge < -0.3 is 0 Å². The highest BCUT2D eigenvalue weighted by atomic mass is 32.1. The van der Waals surface area contributed by atoms with Crippen molar-refractivity contribution < 1.29 is 0 Å². The summed E-state index contributed by atoms with van der Waals surface area (Å²) in [6.07, 6.45) is 1.91. The molecule has 0 unspecified atom stereocenters. The second-order valence-corrected chi connectivity index (χ2v) is 4.15. The van der Waals surface area contributed by atoms with Gasteiger partial charge in [0.25, 0.3) is 0 Å². The van der Waals surface area contributed by atoms with Crippen LogP contribution < -0.4 is 5.43 Å². The van der Waals surface area contributed by atoms with Crippen molar-refractivity contribution in [1.82, 2.24) is 3.79 Å². The Hall–Kier alpha value is -1.61. The topological polar surface area (TPSA) is 21.5 Å². The van der Waals surface area contributed by atoms with E-state index < -0.39 is 0 Å². The van der Waals surface area contributed by atoms with E-state index in [1.54, 1.807) is 11.5 Å². The summed E-state index contributed by atoms with van der Waals surface area (Å²) in [7, 11) is 0. The van der Waals surface area contributed by atoms with Crippen LogP contribution in [0.4, 0.5) is 0 Å². The van der Waals surface area contributed by atoms with Crippen molar-refractivity contribution >= 4 is 27.1 Å². The fourth-order valence-electron chi connectivity index (χ4n) is 1.60. The number of aromatic nitrogens is 1. The van der Waals surface area contributed by atoms with Gasteiger partial charge in [0, 0.05) is 11.6 Å². The maximum Gasteiger partial charge on any atom is 0.212 e. The SMILES string of the molecule is O=c1c2ccccc2sn2cccc12. The number of benzene rings is 1. The van der Waals surface area contributed by atoms with E-state index in [2.05, 4.69) is 0 Å². The Morgan fingerprint density at radius 3 is 2.86 bits per heavy atom. The Morgan fingerprint density at radius 2 is 1.93 bits per heavy atom. The van der Waals surface area contributed by atoms with E-state index in [0.717, 1.165) is 15.6 Å². The van der Waals surface area contributed by atoms with E-state index in [1.165, 1.54) is 0 Å². The first-order valence-electron chi connectivity index (χ1n) is 4.36. The van der Waals surface area contributed by atoms with Gasteiger partial charge in [-0.05, 0) is 24.3 Å². The number of rotatable bonds is 0. The molecule has 14 heavy (non-hydrogen) atoms. The zero-order valence-electron chi connectivity index (χ0n) is 7.31. The summed E-state index contributed by atoms with van der Waals surface area (Å²) in [5, 5.41) is 0.809. The Labute approximate surface area is 84.2 Å². The molecule has 2 heterocycles. The average Bonchev–Trinajstić information content (AvgIpc) is 2.66. The normalized spacial score (nSPS) is 11.1. The number of fused-ring (bicyclic) bond motifs is 2. The highest BCUT2D eigenvalue weighted by molar-refractivity contribution is 7.13. The third-order valence-electron chi connectivity index (χ3n) is 2.27. The van der Waals surface area contributed by atoms with E-state index in [9.17, 15) is 4.79 Å². The fraction of sp³-hybridized carbons (Fsp3) is 0. The molecule has 2 nitrogen and oxygen atoms in total. The minimum Gasteiger partial charge on any atom is -0.287 e. The minimum atomic E-state index is 0.115. The van der Waals surface area contributed by atoms with Gasteiger partial charge in [0.1, 0.15) is 5.52 Å². The molecule has 0 radical (unpaired) electrons. The lowest BCUT2D eigenvalue weighted by Gasteiger charge is -1.97. The van der Waals surface area contributed by atoms with Crippen molar-refractivity contribution in [3.63, 3.8) is 0 Å². The van der Waals surface area contributed by atoms with Gasteiger partial charge in [-0.15, -0.1) is 0 Å². The lowest BCUT2D eigenvalue weighted by molar-refractivity contribution is 1.37. The molecule has 0 saturated heterocycles. The van der Waals surface area contributed by atoms with Crippen LogP contribution in [0.15, 0.2) is 47.4 Å². The van der Waals surface area contributed by atoms with Crippen LogP contribution in [0.5, 0.6) is 0 Å². The third kappa shape index (κ3) is 0.930. The summed E-state index contributed by atoms with van der Waals surface area (Å²) in [4.78, 5) is 11.9. The first kappa shape index (κ1) is 7.76. The van der Waals surface area contributed by atoms with Gasteiger partial charge in [-0.2, -0.15) is 0 Å². The quantitative estimate of drug-likeness (QED) is 0.547. The van der Waals surface area contributed by atoms with E-state index in [-0.39, 0.29) is 5.43 Å². The molecule has 0 aliphatic heterocycles. The molecule has 0 amide bonds. The molecule has 0 saturated carbocycles. The minimum absolute atomic E-state index is 0.115. The average molecular weight is 201 g/mol. The summed E-state index contributed by atoms with van der Waals surface area (Å²) >= 11 is 1.59. The van der Waals surface area contributed by atoms with Gasteiger partial charge in [0.15, 0.2) is 0 Å². The third-order valence-corrected chi connectivity index (χ3v) is 3.34.